The number of unbranched alkanes of at least 4 members (excludes halogenated alkanes) is 1. The maximum Gasteiger partial charge on any atom is 0.343 e. The van der Waals surface area contributed by atoms with Crippen molar-refractivity contribution in [2.24, 2.45) is 0 Å². The van der Waals surface area contributed by atoms with E-state index in [4.69, 9.17) is 5.26 Å². The number of rotatable bonds is 8. The lowest BCUT2D eigenvalue weighted by atomic mass is 10.1. The van der Waals surface area contributed by atoms with Gasteiger partial charge < -0.3 is 5.32 Å². The Morgan fingerprint density at radius 3 is 2.69 bits per heavy atom. The number of hydrogen-bond acceptors (Lipinski definition) is 6. The maximum absolute atomic E-state index is 12.3. The highest BCUT2D eigenvalue weighted by Crippen LogP contribution is 2.27. The summed E-state index contributed by atoms with van der Waals surface area (Å²) in [7, 11) is 0. The molecular formula is C17H21N5O2S2. The number of nitrogens with zero attached hydrogens (tertiary/aromatic N) is 3. The first-order valence-electron chi connectivity index (χ1n) is 8.21. The van der Waals surface area contributed by atoms with Gasteiger partial charge in [-0.05, 0) is 55.3 Å². The number of carbonyl (C=O) groups excluding carboxylic acids is 1. The molecule has 1 aromatic carbocycles. The zero-order valence-corrected chi connectivity index (χ0v) is 16.6. The van der Waals surface area contributed by atoms with Gasteiger partial charge in [-0.25, -0.2) is 9.89 Å². The summed E-state index contributed by atoms with van der Waals surface area (Å²) in [4.78, 5) is 24.9. The van der Waals surface area contributed by atoms with E-state index < -0.39 is 0 Å². The molecule has 26 heavy (non-hydrogen) atoms. The molecular weight excluding hydrogens is 370 g/mol. The summed E-state index contributed by atoms with van der Waals surface area (Å²) < 4.78 is 1.56. The highest BCUT2D eigenvalue weighted by Gasteiger charge is 2.13. The van der Waals surface area contributed by atoms with E-state index in [2.05, 4.69) is 22.4 Å². The van der Waals surface area contributed by atoms with E-state index in [-0.39, 0.29) is 17.3 Å². The molecule has 1 heterocycles. The van der Waals surface area contributed by atoms with Crippen molar-refractivity contribution in [3.05, 3.63) is 33.7 Å². The number of carbonyl (C=O) groups is 1. The van der Waals surface area contributed by atoms with Crippen molar-refractivity contribution >= 4 is 35.1 Å². The summed E-state index contributed by atoms with van der Waals surface area (Å²) >= 11 is 2.32. The van der Waals surface area contributed by atoms with Crippen molar-refractivity contribution < 1.29 is 4.79 Å². The van der Waals surface area contributed by atoms with Crippen LogP contribution in [-0.2, 0) is 11.3 Å². The minimum atomic E-state index is -0.251. The van der Waals surface area contributed by atoms with E-state index >= 15 is 0 Å². The Kier molecular flexibility index (Phi) is 7.36. The number of thioether (sulfide) groups is 2. The molecule has 0 spiro atoms. The second kappa shape index (κ2) is 9.50. The number of amides is 1. The Morgan fingerprint density at radius 2 is 2.08 bits per heavy atom. The number of H-pyrrole nitrogens is 1. The van der Waals surface area contributed by atoms with Gasteiger partial charge in [0.25, 0.3) is 0 Å². The van der Waals surface area contributed by atoms with E-state index in [1.807, 2.05) is 31.4 Å². The van der Waals surface area contributed by atoms with Crippen molar-refractivity contribution in [1.29, 1.82) is 5.26 Å². The van der Waals surface area contributed by atoms with Crippen LogP contribution in [0.1, 0.15) is 30.9 Å². The van der Waals surface area contributed by atoms with E-state index in [1.54, 1.807) is 4.57 Å². The van der Waals surface area contributed by atoms with Crippen LogP contribution in [-0.4, -0.2) is 26.4 Å². The molecule has 0 aliphatic heterocycles. The lowest BCUT2D eigenvalue weighted by molar-refractivity contribution is -0.113. The molecule has 2 aromatic rings. The van der Waals surface area contributed by atoms with Gasteiger partial charge in [0.05, 0.1) is 5.75 Å². The number of aromatic amines is 1. The number of nitriles is 1. The summed E-state index contributed by atoms with van der Waals surface area (Å²) in [5, 5.41) is 20.7. The summed E-state index contributed by atoms with van der Waals surface area (Å²) in [6.07, 6.45) is 1.85. The summed E-state index contributed by atoms with van der Waals surface area (Å²) in [6, 6.07) is 3.75. The van der Waals surface area contributed by atoms with Crippen LogP contribution >= 0.6 is 23.5 Å². The average molecular weight is 392 g/mol. The SMILES string of the molecule is CCCCn1c(SCC(=O)Nc2c(C)cc(SC#N)cc2C)n[nH]c1=O. The van der Waals surface area contributed by atoms with Gasteiger partial charge in [0, 0.05) is 17.1 Å². The van der Waals surface area contributed by atoms with Crippen LogP contribution in [0.15, 0.2) is 27.0 Å². The molecule has 0 aliphatic rings. The number of anilines is 1. The molecule has 138 valence electrons. The van der Waals surface area contributed by atoms with Crippen molar-refractivity contribution in [3.8, 4) is 5.40 Å². The predicted molar refractivity (Wildman–Crippen MR) is 104 cm³/mol. The van der Waals surface area contributed by atoms with E-state index in [0.29, 0.717) is 11.7 Å². The molecule has 0 radical (unpaired) electrons. The molecule has 1 aromatic heterocycles. The Morgan fingerprint density at radius 1 is 1.38 bits per heavy atom. The predicted octanol–water partition coefficient (Wildman–Crippen LogP) is 3.29. The zero-order valence-electron chi connectivity index (χ0n) is 15.0. The molecule has 0 saturated carbocycles. The van der Waals surface area contributed by atoms with Crippen LogP contribution < -0.4 is 11.0 Å². The molecule has 0 saturated heterocycles. The maximum atomic E-state index is 12.3. The van der Waals surface area contributed by atoms with E-state index in [9.17, 15) is 9.59 Å². The van der Waals surface area contributed by atoms with Gasteiger partial charge in [0.1, 0.15) is 5.40 Å². The van der Waals surface area contributed by atoms with Crippen molar-refractivity contribution in [1.82, 2.24) is 14.8 Å². The highest BCUT2D eigenvalue weighted by atomic mass is 32.2. The number of aromatic nitrogens is 3. The third kappa shape index (κ3) is 5.16. The molecule has 0 atom stereocenters. The van der Waals surface area contributed by atoms with Gasteiger partial charge in [0.15, 0.2) is 5.16 Å². The van der Waals surface area contributed by atoms with Crippen LogP contribution in [0, 0.1) is 24.5 Å². The molecule has 2 N–H and O–H groups in total. The number of aryl methyl sites for hydroxylation is 2. The Hall–Kier alpha value is -2.18. The third-order valence-electron chi connectivity index (χ3n) is 3.73. The Balaban J connectivity index is 2.02. The normalized spacial score (nSPS) is 10.5. The first-order valence-corrected chi connectivity index (χ1v) is 10.0. The summed E-state index contributed by atoms with van der Waals surface area (Å²) in [5.41, 5.74) is 2.31. The molecule has 2 rings (SSSR count). The van der Waals surface area contributed by atoms with Crippen molar-refractivity contribution in [2.45, 2.75) is 50.2 Å². The summed E-state index contributed by atoms with van der Waals surface area (Å²) in [5.74, 6) is -0.0105. The van der Waals surface area contributed by atoms with Gasteiger partial charge in [-0.15, -0.1) is 5.10 Å². The van der Waals surface area contributed by atoms with Gasteiger partial charge in [0.2, 0.25) is 5.91 Å². The fourth-order valence-electron chi connectivity index (χ4n) is 2.47. The van der Waals surface area contributed by atoms with E-state index in [1.165, 1.54) is 11.8 Å². The highest BCUT2D eigenvalue weighted by molar-refractivity contribution is 8.03. The fraction of sp³-hybridized carbons (Fsp3) is 0.412. The van der Waals surface area contributed by atoms with Crippen LogP contribution in [0.3, 0.4) is 0 Å². The monoisotopic (exact) mass is 391 g/mol. The average Bonchev–Trinajstić information content (AvgIpc) is 2.94. The van der Waals surface area contributed by atoms with Gasteiger partial charge in [-0.3, -0.25) is 9.36 Å². The Labute approximate surface area is 160 Å². The van der Waals surface area contributed by atoms with Crippen molar-refractivity contribution in [2.75, 3.05) is 11.1 Å². The molecule has 0 unspecified atom stereocenters. The molecule has 1 amide bonds. The number of nitrogens with one attached hydrogen (secondary N) is 2. The smallest absolute Gasteiger partial charge is 0.325 e. The Bertz CT molecular complexity index is 859. The van der Waals surface area contributed by atoms with Crippen LogP contribution in [0.25, 0.3) is 0 Å². The van der Waals surface area contributed by atoms with Gasteiger partial charge in [-0.2, -0.15) is 5.26 Å². The molecule has 9 heteroatoms. The topological polar surface area (TPSA) is 104 Å². The van der Waals surface area contributed by atoms with Crippen LogP contribution in [0.5, 0.6) is 0 Å². The standard InChI is InChI=1S/C17H21N5O2S2/c1-4-5-6-22-16(24)20-21-17(22)25-9-14(23)19-15-11(2)7-13(26-10-18)8-12(15)3/h7-8H,4-6,9H2,1-3H3,(H,19,23)(H,20,24). The minimum absolute atomic E-state index is 0.157. The molecule has 7 nitrogen and oxygen atoms in total. The first-order chi connectivity index (χ1) is 12.5. The fourth-order valence-corrected chi connectivity index (χ4v) is 3.81. The lowest BCUT2D eigenvalue weighted by Crippen LogP contribution is -2.19. The summed E-state index contributed by atoms with van der Waals surface area (Å²) in [6.45, 7) is 6.43. The molecule has 0 aliphatic carbocycles. The first kappa shape index (κ1) is 20.1. The lowest BCUT2D eigenvalue weighted by Gasteiger charge is -2.13. The third-order valence-corrected chi connectivity index (χ3v) is 5.26. The zero-order chi connectivity index (χ0) is 19.1. The van der Waals surface area contributed by atoms with E-state index in [0.717, 1.165) is 46.3 Å². The largest absolute Gasteiger partial charge is 0.343 e. The van der Waals surface area contributed by atoms with Gasteiger partial charge >= 0.3 is 5.69 Å². The quantitative estimate of drug-likeness (QED) is 0.529. The van der Waals surface area contributed by atoms with Crippen LogP contribution in [0.2, 0.25) is 0 Å². The number of benzene rings is 1. The second-order valence-electron chi connectivity index (χ2n) is 5.78. The number of hydrogen-bond donors (Lipinski definition) is 2. The van der Waals surface area contributed by atoms with Crippen molar-refractivity contribution in [3.63, 3.8) is 0 Å². The molecule has 0 fully saturated rings. The number of thiocyanates is 1. The molecule has 0 bridgehead atoms. The second-order valence-corrected chi connectivity index (χ2v) is 7.58. The van der Waals surface area contributed by atoms with Gasteiger partial charge in [-0.1, -0.05) is 25.1 Å². The van der Waals surface area contributed by atoms with Crippen LogP contribution in [0.4, 0.5) is 5.69 Å². The minimum Gasteiger partial charge on any atom is -0.325 e.